The second-order valence-corrected chi connectivity index (χ2v) is 7.05. The van der Waals surface area contributed by atoms with Gasteiger partial charge in [0.25, 0.3) is 5.91 Å². The standard InChI is InChI=1S/C22H23N5O7/c1-4-26(5-2)17-7-6-15(34-17)11-16-18(24-22(33)23-3)25-27(19(16)28)14-9-12(20(29)30)8-13(10-14)21(31)32/h6-11H,4-5H2,1-3H3,(H,29,30)(H,31,32)(H2,23,24,25,33)/b16-11+. The number of urea groups is 1. The number of rotatable bonds is 7. The van der Waals surface area contributed by atoms with Gasteiger partial charge in [0.2, 0.25) is 0 Å². The molecule has 0 bridgehead atoms. The molecule has 3 rings (SSSR count). The number of benzene rings is 1. The van der Waals surface area contributed by atoms with Gasteiger partial charge >= 0.3 is 18.0 Å². The molecule has 4 N–H and O–H groups in total. The Labute approximate surface area is 194 Å². The Morgan fingerprint density at radius 2 is 1.71 bits per heavy atom. The Morgan fingerprint density at radius 3 is 2.24 bits per heavy atom. The van der Waals surface area contributed by atoms with Crippen molar-refractivity contribution in [2.75, 3.05) is 30.0 Å². The third-order valence-electron chi connectivity index (χ3n) is 4.97. The molecule has 1 aromatic heterocycles. The van der Waals surface area contributed by atoms with Crippen molar-refractivity contribution >= 4 is 47.4 Å². The van der Waals surface area contributed by atoms with E-state index in [4.69, 9.17) is 4.42 Å². The molecule has 0 saturated carbocycles. The fraction of sp³-hybridized carbons (Fsp3) is 0.227. The maximum Gasteiger partial charge on any atom is 0.335 e. The monoisotopic (exact) mass is 469 g/mol. The van der Waals surface area contributed by atoms with Crippen LogP contribution in [0.4, 0.5) is 16.4 Å². The second kappa shape index (κ2) is 9.90. The van der Waals surface area contributed by atoms with E-state index in [-0.39, 0.29) is 28.2 Å². The molecule has 0 unspecified atom stereocenters. The van der Waals surface area contributed by atoms with Crippen molar-refractivity contribution in [3.63, 3.8) is 0 Å². The zero-order valence-electron chi connectivity index (χ0n) is 18.7. The van der Waals surface area contributed by atoms with Gasteiger partial charge in [0.1, 0.15) is 5.76 Å². The van der Waals surface area contributed by atoms with Gasteiger partial charge in [0, 0.05) is 26.2 Å². The molecule has 1 aromatic carbocycles. The van der Waals surface area contributed by atoms with Crippen LogP contribution in [0.25, 0.3) is 6.08 Å². The van der Waals surface area contributed by atoms with Gasteiger partial charge in [-0.3, -0.25) is 10.1 Å². The average molecular weight is 469 g/mol. The molecule has 0 radical (unpaired) electrons. The van der Waals surface area contributed by atoms with Crippen LogP contribution < -0.4 is 20.5 Å². The molecule has 0 fully saturated rings. The molecule has 1 aliphatic rings. The van der Waals surface area contributed by atoms with Gasteiger partial charge in [0.05, 0.1) is 22.4 Å². The molecular weight excluding hydrogens is 446 g/mol. The number of carbonyl (C=O) groups is 4. The van der Waals surface area contributed by atoms with Gasteiger partial charge in [-0.05, 0) is 44.2 Å². The number of aromatic carboxylic acids is 2. The van der Waals surface area contributed by atoms with Crippen LogP contribution >= 0.6 is 0 Å². The van der Waals surface area contributed by atoms with Crippen molar-refractivity contribution in [3.05, 3.63) is 52.8 Å². The van der Waals surface area contributed by atoms with Crippen LogP contribution in [0.2, 0.25) is 0 Å². The van der Waals surface area contributed by atoms with Crippen LogP contribution in [0, 0.1) is 0 Å². The molecule has 2 aromatic rings. The van der Waals surface area contributed by atoms with E-state index in [2.05, 4.69) is 15.7 Å². The lowest BCUT2D eigenvalue weighted by molar-refractivity contribution is -0.114. The fourth-order valence-corrected chi connectivity index (χ4v) is 3.23. The number of amidine groups is 1. The summed E-state index contributed by atoms with van der Waals surface area (Å²) in [6.07, 6.45) is 1.39. The van der Waals surface area contributed by atoms with E-state index in [0.29, 0.717) is 24.7 Å². The predicted octanol–water partition coefficient (Wildman–Crippen LogP) is 2.19. The number of nitrogens with zero attached hydrogens (tertiary/aromatic N) is 3. The number of anilines is 2. The van der Waals surface area contributed by atoms with Gasteiger partial charge in [-0.15, -0.1) is 5.10 Å². The maximum atomic E-state index is 13.2. The third-order valence-corrected chi connectivity index (χ3v) is 4.97. The Hall–Kier alpha value is -4.61. The van der Waals surface area contributed by atoms with E-state index in [9.17, 15) is 29.4 Å². The van der Waals surface area contributed by atoms with Crippen LogP contribution in [-0.4, -0.2) is 60.1 Å². The van der Waals surface area contributed by atoms with Crippen molar-refractivity contribution < 1.29 is 33.8 Å². The minimum absolute atomic E-state index is 0.0401. The van der Waals surface area contributed by atoms with E-state index in [1.165, 1.54) is 13.1 Å². The number of hydrazone groups is 1. The Kier molecular flexibility index (Phi) is 7.00. The topological polar surface area (TPSA) is 165 Å². The molecule has 0 saturated heterocycles. The maximum absolute atomic E-state index is 13.2. The number of carboxylic acid groups (broad SMARTS) is 2. The molecule has 2 heterocycles. The number of carboxylic acids is 2. The lowest BCUT2D eigenvalue weighted by Crippen LogP contribution is -2.37. The highest BCUT2D eigenvalue weighted by Gasteiger charge is 2.33. The highest BCUT2D eigenvalue weighted by Crippen LogP contribution is 2.28. The number of hydrogen-bond donors (Lipinski definition) is 4. The Balaban J connectivity index is 2.07. The zero-order chi connectivity index (χ0) is 25.0. The van der Waals surface area contributed by atoms with Gasteiger partial charge in [-0.25, -0.2) is 14.4 Å². The van der Waals surface area contributed by atoms with E-state index in [1.807, 2.05) is 18.7 Å². The summed E-state index contributed by atoms with van der Waals surface area (Å²) in [6.45, 7) is 5.36. The molecule has 34 heavy (non-hydrogen) atoms. The van der Waals surface area contributed by atoms with Crippen molar-refractivity contribution in [2.24, 2.45) is 5.10 Å². The highest BCUT2D eigenvalue weighted by atomic mass is 16.4. The summed E-state index contributed by atoms with van der Waals surface area (Å²) in [4.78, 5) is 50.0. The van der Waals surface area contributed by atoms with Gasteiger partial charge in [-0.2, -0.15) is 5.01 Å². The van der Waals surface area contributed by atoms with E-state index >= 15 is 0 Å². The molecule has 1 aliphatic heterocycles. The predicted molar refractivity (Wildman–Crippen MR) is 123 cm³/mol. The normalized spacial score (nSPS) is 14.2. The van der Waals surface area contributed by atoms with Crippen molar-refractivity contribution in [1.29, 1.82) is 0 Å². The number of furan rings is 1. The first-order chi connectivity index (χ1) is 16.2. The number of nitrogens with one attached hydrogen (secondary N) is 2. The minimum atomic E-state index is -1.38. The smallest absolute Gasteiger partial charge is 0.335 e. The minimum Gasteiger partial charge on any atom is -0.478 e. The van der Waals surface area contributed by atoms with Crippen LogP contribution in [0.3, 0.4) is 0 Å². The SMILES string of the molecule is CCN(CC)c1ccc(/C=C2/C(=O)N(c3cc(C(=O)O)cc(C(=O)O)c3)N=C2NC(=O)NC)o1. The number of carbonyl (C=O) groups excluding carboxylic acids is 2. The average Bonchev–Trinajstić information content (AvgIpc) is 3.39. The molecule has 0 atom stereocenters. The van der Waals surface area contributed by atoms with Crippen LogP contribution in [0.1, 0.15) is 40.3 Å². The van der Waals surface area contributed by atoms with Crippen molar-refractivity contribution in [3.8, 4) is 0 Å². The summed E-state index contributed by atoms with van der Waals surface area (Å²) >= 11 is 0. The molecule has 12 heteroatoms. The Morgan fingerprint density at radius 1 is 1.09 bits per heavy atom. The lowest BCUT2D eigenvalue weighted by Gasteiger charge is -2.16. The quantitative estimate of drug-likeness (QED) is 0.448. The van der Waals surface area contributed by atoms with Crippen molar-refractivity contribution in [1.82, 2.24) is 10.6 Å². The van der Waals surface area contributed by atoms with Gasteiger partial charge < -0.3 is 24.8 Å². The lowest BCUT2D eigenvalue weighted by atomic mass is 10.1. The van der Waals surface area contributed by atoms with E-state index in [0.717, 1.165) is 23.2 Å². The molecule has 0 aliphatic carbocycles. The van der Waals surface area contributed by atoms with Crippen LogP contribution in [-0.2, 0) is 4.79 Å². The number of hydrogen-bond acceptors (Lipinski definition) is 7. The molecular formula is C22H23N5O7. The fourth-order valence-electron chi connectivity index (χ4n) is 3.23. The summed E-state index contributed by atoms with van der Waals surface area (Å²) in [7, 11) is 1.38. The Bertz CT molecular complexity index is 1180. The first-order valence-corrected chi connectivity index (χ1v) is 10.3. The summed E-state index contributed by atoms with van der Waals surface area (Å²) in [5.74, 6) is -2.67. The first kappa shape index (κ1) is 24.0. The van der Waals surface area contributed by atoms with Crippen molar-refractivity contribution in [2.45, 2.75) is 13.8 Å². The van der Waals surface area contributed by atoms with Crippen LogP contribution in [0.15, 0.2) is 45.4 Å². The largest absolute Gasteiger partial charge is 0.478 e. The molecule has 178 valence electrons. The summed E-state index contributed by atoms with van der Waals surface area (Å²) in [6, 6.07) is 5.95. The first-order valence-electron chi connectivity index (χ1n) is 10.3. The van der Waals surface area contributed by atoms with Crippen LogP contribution in [0.5, 0.6) is 0 Å². The van der Waals surface area contributed by atoms with Gasteiger partial charge in [-0.1, -0.05) is 0 Å². The third kappa shape index (κ3) is 4.90. The molecule has 3 amide bonds. The summed E-state index contributed by atoms with van der Waals surface area (Å²) in [5.41, 5.74) is -0.816. The summed E-state index contributed by atoms with van der Waals surface area (Å²) in [5, 5.41) is 28.4. The molecule has 12 nitrogen and oxygen atoms in total. The highest BCUT2D eigenvalue weighted by molar-refractivity contribution is 6.34. The zero-order valence-corrected chi connectivity index (χ0v) is 18.7. The van der Waals surface area contributed by atoms with E-state index < -0.39 is 23.9 Å². The molecule has 0 spiro atoms. The summed E-state index contributed by atoms with van der Waals surface area (Å²) < 4.78 is 5.80. The second-order valence-electron chi connectivity index (χ2n) is 7.05. The number of amides is 3. The van der Waals surface area contributed by atoms with Gasteiger partial charge in [0.15, 0.2) is 11.7 Å². The van der Waals surface area contributed by atoms with E-state index in [1.54, 1.807) is 12.1 Å².